The second-order valence-corrected chi connectivity index (χ2v) is 5.60. The van der Waals surface area contributed by atoms with Crippen LogP contribution in [-0.2, 0) is 6.42 Å². The molecule has 1 unspecified atom stereocenters. The zero-order valence-corrected chi connectivity index (χ0v) is 13.9. The van der Waals surface area contributed by atoms with Gasteiger partial charge in [-0.2, -0.15) is 0 Å². The average molecular weight is 350 g/mol. The molecule has 2 rings (SSSR count). The van der Waals surface area contributed by atoms with Gasteiger partial charge in [0.2, 0.25) is 0 Å². The Morgan fingerprint density at radius 1 is 1.14 bits per heavy atom. The van der Waals surface area contributed by atoms with Gasteiger partial charge in [0.25, 0.3) is 0 Å². The molecular weight excluding hydrogens is 330 g/mol. The van der Waals surface area contributed by atoms with Gasteiger partial charge in [0.15, 0.2) is 0 Å². The Morgan fingerprint density at radius 2 is 1.90 bits per heavy atom. The Bertz CT molecular complexity index is 601. The summed E-state index contributed by atoms with van der Waals surface area (Å²) in [5.74, 6) is 1.68. The maximum atomic E-state index is 6.35. The van der Waals surface area contributed by atoms with Crippen molar-refractivity contribution >= 4 is 15.9 Å². The molecule has 0 aliphatic rings. The zero-order chi connectivity index (χ0) is 15.2. The number of nitrogens with two attached hydrogens (primary N) is 1. The molecule has 0 aliphatic heterocycles. The minimum atomic E-state index is -0.104. The first kappa shape index (κ1) is 15.9. The monoisotopic (exact) mass is 349 g/mol. The number of halogens is 1. The summed E-state index contributed by atoms with van der Waals surface area (Å²) in [7, 11) is 1.66. The maximum absolute atomic E-state index is 6.35. The molecule has 0 aromatic heterocycles. The molecule has 0 spiro atoms. The molecule has 2 N–H and O–H groups in total. The Hall–Kier alpha value is -1.52. The fraction of sp³-hybridized carbons (Fsp3) is 0.294. The molecule has 21 heavy (non-hydrogen) atoms. The summed E-state index contributed by atoms with van der Waals surface area (Å²) in [6.45, 7) is 2.61. The normalized spacial score (nSPS) is 12.0. The molecule has 112 valence electrons. The van der Waals surface area contributed by atoms with Gasteiger partial charge in [0.05, 0.1) is 18.2 Å². The largest absolute Gasteiger partial charge is 0.496 e. The highest BCUT2D eigenvalue weighted by molar-refractivity contribution is 9.10. The molecule has 0 fully saturated rings. The lowest BCUT2D eigenvalue weighted by Gasteiger charge is -2.17. The fourth-order valence-corrected chi connectivity index (χ4v) is 2.86. The van der Waals surface area contributed by atoms with Crippen LogP contribution in [0.1, 0.15) is 24.1 Å². The average Bonchev–Trinajstić information content (AvgIpc) is 2.48. The number of rotatable bonds is 6. The highest BCUT2D eigenvalue weighted by Crippen LogP contribution is 2.29. The van der Waals surface area contributed by atoms with Gasteiger partial charge in [-0.3, -0.25) is 0 Å². The molecule has 0 aliphatic carbocycles. The summed E-state index contributed by atoms with van der Waals surface area (Å²) < 4.78 is 11.8. The SMILES string of the molecule is CCOc1ccccc1C(N)Cc1ccc(OC)c(Br)c1. The van der Waals surface area contributed by atoms with Crippen molar-refractivity contribution in [1.82, 2.24) is 0 Å². The van der Waals surface area contributed by atoms with Crippen molar-refractivity contribution in [3.05, 3.63) is 58.1 Å². The van der Waals surface area contributed by atoms with Crippen LogP contribution >= 0.6 is 15.9 Å². The number of methoxy groups -OCH3 is 1. The van der Waals surface area contributed by atoms with Crippen LogP contribution in [0.5, 0.6) is 11.5 Å². The maximum Gasteiger partial charge on any atom is 0.133 e. The predicted molar refractivity (Wildman–Crippen MR) is 88.9 cm³/mol. The summed E-state index contributed by atoms with van der Waals surface area (Å²) >= 11 is 3.50. The van der Waals surface area contributed by atoms with E-state index >= 15 is 0 Å². The molecule has 3 nitrogen and oxygen atoms in total. The first-order valence-corrected chi connectivity index (χ1v) is 7.74. The van der Waals surface area contributed by atoms with Crippen molar-refractivity contribution in [3.8, 4) is 11.5 Å². The van der Waals surface area contributed by atoms with E-state index in [1.807, 2.05) is 49.4 Å². The summed E-state index contributed by atoms with van der Waals surface area (Å²) in [4.78, 5) is 0. The minimum absolute atomic E-state index is 0.104. The molecule has 1 atom stereocenters. The van der Waals surface area contributed by atoms with Gasteiger partial charge in [-0.05, 0) is 53.0 Å². The van der Waals surface area contributed by atoms with Gasteiger partial charge in [-0.1, -0.05) is 24.3 Å². The van der Waals surface area contributed by atoms with E-state index in [9.17, 15) is 0 Å². The minimum Gasteiger partial charge on any atom is -0.496 e. The lowest BCUT2D eigenvalue weighted by molar-refractivity contribution is 0.334. The van der Waals surface area contributed by atoms with Crippen LogP contribution in [0.25, 0.3) is 0 Å². The van der Waals surface area contributed by atoms with Crippen LogP contribution in [-0.4, -0.2) is 13.7 Å². The van der Waals surface area contributed by atoms with Crippen molar-refractivity contribution < 1.29 is 9.47 Å². The van der Waals surface area contributed by atoms with E-state index < -0.39 is 0 Å². The molecule has 2 aromatic carbocycles. The number of hydrogen-bond acceptors (Lipinski definition) is 3. The Kier molecular flexibility index (Phi) is 5.65. The third kappa shape index (κ3) is 3.99. The molecule has 2 aromatic rings. The summed E-state index contributed by atoms with van der Waals surface area (Å²) in [5, 5.41) is 0. The lowest BCUT2D eigenvalue weighted by Crippen LogP contribution is -2.15. The molecule has 0 heterocycles. The van der Waals surface area contributed by atoms with Crippen LogP contribution in [0, 0.1) is 0 Å². The fourth-order valence-electron chi connectivity index (χ4n) is 2.27. The number of ether oxygens (including phenoxy) is 2. The van der Waals surface area contributed by atoms with Crippen molar-refractivity contribution in [2.75, 3.05) is 13.7 Å². The second kappa shape index (κ2) is 7.48. The molecule has 0 bridgehead atoms. The van der Waals surface area contributed by atoms with Crippen molar-refractivity contribution in [2.24, 2.45) is 5.73 Å². The third-order valence-electron chi connectivity index (χ3n) is 3.29. The topological polar surface area (TPSA) is 44.5 Å². The Labute approximate surface area is 134 Å². The number of benzene rings is 2. The standard InChI is InChI=1S/C17H20BrNO2/c1-3-21-16-7-5-4-6-13(16)15(19)11-12-8-9-17(20-2)14(18)10-12/h4-10,15H,3,11,19H2,1-2H3. The molecule has 0 saturated heterocycles. The summed E-state index contributed by atoms with van der Waals surface area (Å²) in [5.41, 5.74) is 8.54. The van der Waals surface area contributed by atoms with E-state index in [0.717, 1.165) is 33.5 Å². The molecule has 0 saturated carbocycles. The zero-order valence-electron chi connectivity index (χ0n) is 12.3. The first-order chi connectivity index (χ1) is 10.2. The number of hydrogen-bond donors (Lipinski definition) is 1. The quantitative estimate of drug-likeness (QED) is 0.853. The van der Waals surface area contributed by atoms with Crippen LogP contribution in [0.3, 0.4) is 0 Å². The molecular formula is C17H20BrNO2. The van der Waals surface area contributed by atoms with Crippen molar-refractivity contribution in [3.63, 3.8) is 0 Å². The van der Waals surface area contributed by atoms with Crippen molar-refractivity contribution in [2.45, 2.75) is 19.4 Å². The Morgan fingerprint density at radius 3 is 2.57 bits per heavy atom. The third-order valence-corrected chi connectivity index (χ3v) is 3.91. The van der Waals surface area contributed by atoms with Crippen molar-refractivity contribution in [1.29, 1.82) is 0 Å². The predicted octanol–water partition coefficient (Wildman–Crippen LogP) is 4.10. The highest BCUT2D eigenvalue weighted by atomic mass is 79.9. The van der Waals surface area contributed by atoms with E-state index in [0.29, 0.717) is 6.61 Å². The van der Waals surface area contributed by atoms with Crippen LogP contribution < -0.4 is 15.2 Å². The van der Waals surface area contributed by atoms with E-state index in [1.54, 1.807) is 7.11 Å². The first-order valence-electron chi connectivity index (χ1n) is 6.95. The molecule has 0 radical (unpaired) electrons. The van der Waals surface area contributed by atoms with Gasteiger partial charge in [-0.25, -0.2) is 0 Å². The van der Waals surface area contributed by atoms with Gasteiger partial charge in [0, 0.05) is 11.6 Å². The van der Waals surface area contributed by atoms with Gasteiger partial charge in [0.1, 0.15) is 11.5 Å². The summed E-state index contributed by atoms with van der Waals surface area (Å²) in [6, 6.07) is 13.9. The Balaban J connectivity index is 2.18. The van der Waals surface area contributed by atoms with Crippen LogP contribution in [0.15, 0.2) is 46.9 Å². The number of para-hydroxylation sites is 1. The van der Waals surface area contributed by atoms with Crippen LogP contribution in [0.4, 0.5) is 0 Å². The van der Waals surface area contributed by atoms with Crippen LogP contribution in [0.2, 0.25) is 0 Å². The van der Waals surface area contributed by atoms with Gasteiger partial charge in [-0.15, -0.1) is 0 Å². The van der Waals surface area contributed by atoms with Gasteiger partial charge >= 0.3 is 0 Å². The lowest BCUT2D eigenvalue weighted by atomic mass is 9.99. The summed E-state index contributed by atoms with van der Waals surface area (Å²) in [6.07, 6.45) is 0.743. The van der Waals surface area contributed by atoms with E-state index in [1.165, 1.54) is 0 Å². The second-order valence-electron chi connectivity index (χ2n) is 4.75. The molecule has 4 heteroatoms. The van der Waals surface area contributed by atoms with E-state index in [2.05, 4.69) is 15.9 Å². The van der Waals surface area contributed by atoms with E-state index in [-0.39, 0.29) is 6.04 Å². The van der Waals surface area contributed by atoms with E-state index in [4.69, 9.17) is 15.2 Å². The van der Waals surface area contributed by atoms with Gasteiger partial charge < -0.3 is 15.2 Å². The highest BCUT2D eigenvalue weighted by Gasteiger charge is 2.13. The molecule has 0 amide bonds. The smallest absolute Gasteiger partial charge is 0.133 e.